The van der Waals surface area contributed by atoms with Crippen LogP contribution in [0.2, 0.25) is 0 Å². The van der Waals surface area contributed by atoms with Gasteiger partial charge in [0.1, 0.15) is 5.75 Å². The Kier molecular flexibility index (Phi) is 3.69. The van der Waals surface area contributed by atoms with Gasteiger partial charge in [0.2, 0.25) is 0 Å². The average Bonchev–Trinajstić information content (AvgIpc) is 3.16. The van der Waals surface area contributed by atoms with Gasteiger partial charge in [0.05, 0.1) is 18.9 Å². The van der Waals surface area contributed by atoms with Crippen molar-refractivity contribution in [1.82, 2.24) is 20.4 Å². The monoisotopic (exact) mass is 288 g/mol. The Morgan fingerprint density at radius 3 is 2.80 bits per heavy atom. The molecule has 2 heterocycles. The fourth-order valence-electron chi connectivity index (χ4n) is 1.62. The Bertz CT molecular complexity index is 664. The summed E-state index contributed by atoms with van der Waals surface area (Å²) in [6.45, 7) is 0. The van der Waals surface area contributed by atoms with Gasteiger partial charge in [-0.15, -0.1) is 10.2 Å². The van der Waals surface area contributed by atoms with Crippen molar-refractivity contribution >= 4 is 11.8 Å². The van der Waals surface area contributed by atoms with Crippen LogP contribution in [0.3, 0.4) is 0 Å². The number of ether oxygens (including phenoxy) is 1. The van der Waals surface area contributed by atoms with E-state index in [0.29, 0.717) is 11.1 Å². The van der Waals surface area contributed by atoms with Gasteiger partial charge in [-0.25, -0.2) is 0 Å². The quantitative estimate of drug-likeness (QED) is 0.727. The van der Waals surface area contributed by atoms with E-state index in [1.807, 2.05) is 24.3 Å². The molecule has 0 spiro atoms. The van der Waals surface area contributed by atoms with Crippen LogP contribution in [-0.2, 0) is 5.75 Å². The molecule has 20 heavy (non-hydrogen) atoms. The van der Waals surface area contributed by atoms with E-state index in [9.17, 15) is 0 Å². The summed E-state index contributed by atoms with van der Waals surface area (Å²) in [4.78, 5) is 0. The standard InChI is InChI=1S/C13H12N4O2S/c1-18-11-4-2-9(3-5-11)8-20-13-17-16-12(19-13)10-6-14-15-7-10/h2-7H,8H2,1H3,(H,14,15). The third kappa shape index (κ3) is 2.83. The molecule has 2 aromatic heterocycles. The Hall–Kier alpha value is -2.28. The smallest absolute Gasteiger partial charge is 0.277 e. The van der Waals surface area contributed by atoms with Crippen LogP contribution in [-0.4, -0.2) is 27.5 Å². The summed E-state index contributed by atoms with van der Waals surface area (Å²) >= 11 is 1.49. The highest BCUT2D eigenvalue weighted by atomic mass is 32.2. The lowest BCUT2D eigenvalue weighted by molar-refractivity contribution is 0.414. The fraction of sp³-hybridized carbons (Fsp3) is 0.154. The summed E-state index contributed by atoms with van der Waals surface area (Å²) in [5.74, 6) is 2.08. The number of nitrogens with zero attached hydrogens (tertiary/aromatic N) is 3. The number of rotatable bonds is 5. The van der Waals surface area contributed by atoms with Gasteiger partial charge >= 0.3 is 0 Å². The van der Waals surface area contributed by atoms with E-state index in [4.69, 9.17) is 9.15 Å². The summed E-state index contributed by atoms with van der Waals surface area (Å²) in [6, 6.07) is 7.89. The lowest BCUT2D eigenvalue weighted by atomic mass is 10.2. The summed E-state index contributed by atoms with van der Waals surface area (Å²) in [6.07, 6.45) is 3.36. The van der Waals surface area contributed by atoms with Crippen LogP contribution in [0.15, 0.2) is 46.3 Å². The fourth-order valence-corrected chi connectivity index (χ4v) is 2.34. The summed E-state index contributed by atoms with van der Waals surface area (Å²) in [5.41, 5.74) is 1.95. The molecule has 0 saturated carbocycles. The van der Waals surface area contributed by atoms with E-state index in [1.54, 1.807) is 19.5 Å². The molecule has 0 aliphatic rings. The molecule has 1 aromatic carbocycles. The summed E-state index contributed by atoms with van der Waals surface area (Å²) < 4.78 is 10.7. The molecule has 0 aliphatic carbocycles. The molecule has 3 aromatic rings. The van der Waals surface area contributed by atoms with Crippen LogP contribution >= 0.6 is 11.8 Å². The molecular weight excluding hydrogens is 276 g/mol. The van der Waals surface area contributed by atoms with Crippen LogP contribution in [0.4, 0.5) is 0 Å². The number of aromatic nitrogens is 4. The predicted octanol–water partition coefficient (Wildman–Crippen LogP) is 2.76. The number of aromatic amines is 1. The van der Waals surface area contributed by atoms with Gasteiger partial charge in [0.25, 0.3) is 11.1 Å². The Labute approximate surface area is 119 Å². The number of H-pyrrole nitrogens is 1. The Morgan fingerprint density at radius 1 is 1.25 bits per heavy atom. The highest BCUT2D eigenvalue weighted by Gasteiger charge is 2.09. The lowest BCUT2D eigenvalue weighted by Crippen LogP contribution is -1.84. The third-order valence-corrected chi connectivity index (χ3v) is 3.56. The van der Waals surface area contributed by atoms with Crippen LogP contribution in [0.5, 0.6) is 5.75 Å². The highest BCUT2D eigenvalue weighted by Crippen LogP contribution is 2.25. The van der Waals surface area contributed by atoms with Crippen molar-refractivity contribution in [3.05, 3.63) is 42.2 Å². The number of thioether (sulfide) groups is 1. The second-order valence-corrected chi connectivity index (χ2v) is 4.92. The predicted molar refractivity (Wildman–Crippen MR) is 74.4 cm³/mol. The minimum atomic E-state index is 0.469. The minimum Gasteiger partial charge on any atom is -0.497 e. The normalized spacial score (nSPS) is 10.7. The average molecular weight is 288 g/mol. The van der Waals surface area contributed by atoms with Crippen LogP contribution in [0.1, 0.15) is 5.56 Å². The molecule has 7 heteroatoms. The zero-order valence-corrected chi connectivity index (χ0v) is 11.6. The molecule has 0 radical (unpaired) electrons. The second-order valence-electron chi connectivity index (χ2n) is 4.00. The van der Waals surface area contributed by atoms with Crippen LogP contribution < -0.4 is 4.74 Å². The van der Waals surface area contributed by atoms with E-state index >= 15 is 0 Å². The second kappa shape index (κ2) is 5.79. The van der Waals surface area contributed by atoms with Gasteiger partial charge in [0, 0.05) is 11.9 Å². The Morgan fingerprint density at radius 2 is 2.10 bits per heavy atom. The van der Waals surface area contributed by atoms with Gasteiger partial charge in [-0.2, -0.15) is 5.10 Å². The highest BCUT2D eigenvalue weighted by molar-refractivity contribution is 7.98. The SMILES string of the molecule is COc1ccc(CSc2nnc(-c3cn[nH]c3)o2)cc1. The van der Waals surface area contributed by atoms with Gasteiger partial charge in [-0.1, -0.05) is 23.9 Å². The largest absolute Gasteiger partial charge is 0.497 e. The van der Waals surface area contributed by atoms with E-state index in [1.165, 1.54) is 17.3 Å². The lowest BCUT2D eigenvalue weighted by Gasteiger charge is -2.01. The first kappa shape index (κ1) is 12.7. The van der Waals surface area contributed by atoms with Crippen molar-refractivity contribution in [2.45, 2.75) is 11.0 Å². The molecule has 0 fully saturated rings. The van der Waals surface area contributed by atoms with Crippen molar-refractivity contribution < 1.29 is 9.15 Å². The van der Waals surface area contributed by atoms with E-state index < -0.39 is 0 Å². The van der Waals surface area contributed by atoms with Gasteiger partial charge in [-0.05, 0) is 17.7 Å². The molecule has 6 nitrogen and oxygen atoms in total. The summed E-state index contributed by atoms with van der Waals surface area (Å²) in [5, 5.41) is 15.1. The van der Waals surface area contributed by atoms with Crippen LogP contribution in [0, 0.1) is 0 Å². The van der Waals surface area contributed by atoms with Crippen molar-refractivity contribution in [2.75, 3.05) is 7.11 Å². The first-order valence-corrected chi connectivity index (χ1v) is 6.92. The first-order chi connectivity index (χ1) is 9.85. The number of methoxy groups -OCH3 is 1. The number of benzene rings is 1. The topological polar surface area (TPSA) is 76.8 Å². The van der Waals surface area contributed by atoms with Crippen molar-refractivity contribution in [3.8, 4) is 17.2 Å². The zero-order valence-electron chi connectivity index (χ0n) is 10.7. The van der Waals surface area contributed by atoms with Crippen molar-refractivity contribution in [2.24, 2.45) is 0 Å². The van der Waals surface area contributed by atoms with Crippen molar-refractivity contribution in [3.63, 3.8) is 0 Å². The molecule has 0 saturated heterocycles. The first-order valence-electron chi connectivity index (χ1n) is 5.93. The van der Waals surface area contributed by atoms with Gasteiger partial charge in [-0.3, -0.25) is 5.10 Å². The number of hydrogen-bond donors (Lipinski definition) is 1. The van der Waals surface area contributed by atoms with Crippen LogP contribution in [0.25, 0.3) is 11.5 Å². The number of hydrogen-bond acceptors (Lipinski definition) is 6. The molecular formula is C13H12N4O2S. The molecule has 0 atom stereocenters. The molecule has 1 N–H and O–H groups in total. The molecule has 0 unspecified atom stereocenters. The maximum absolute atomic E-state index is 5.55. The zero-order chi connectivity index (χ0) is 13.8. The molecule has 0 amide bonds. The third-order valence-electron chi connectivity index (χ3n) is 2.67. The molecule has 3 rings (SSSR count). The number of nitrogens with one attached hydrogen (secondary N) is 1. The van der Waals surface area contributed by atoms with E-state index in [0.717, 1.165) is 17.1 Å². The van der Waals surface area contributed by atoms with E-state index in [2.05, 4.69) is 20.4 Å². The van der Waals surface area contributed by atoms with Crippen molar-refractivity contribution in [1.29, 1.82) is 0 Å². The van der Waals surface area contributed by atoms with E-state index in [-0.39, 0.29) is 0 Å². The van der Waals surface area contributed by atoms with Gasteiger partial charge < -0.3 is 9.15 Å². The maximum Gasteiger partial charge on any atom is 0.277 e. The molecule has 102 valence electrons. The van der Waals surface area contributed by atoms with Gasteiger partial charge in [0.15, 0.2) is 0 Å². The Balaban J connectivity index is 1.63. The molecule has 0 aliphatic heterocycles. The molecule has 0 bridgehead atoms. The summed E-state index contributed by atoms with van der Waals surface area (Å²) in [7, 11) is 1.65. The minimum absolute atomic E-state index is 0.469. The maximum atomic E-state index is 5.55.